The Labute approximate surface area is 150 Å². The van der Waals surface area contributed by atoms with Gasteiger partial charge in [-0.15, -0.1) is 0 Å². The van der Waals surface area contributed by atoms with Crippen LogP contribution in [-0.2, 0) is 17.8 Å². The zero-order valence-electron chi connectivity index (χ0n) is 15.1. The average molecular weight is 343 g/mol. The van der Waals surface area contributed by atoms with E-state index in [0.29, 0.717) is 19.1 Å². The summed E-state index contributed by atoms with van der Waals surface area (Å²) in [7, 11) is 0. The summed E-state index contributed by atoms with van der Waals surface area (Å²) in [5, 5.41) is 6.15. The molecule has 1 aliphatic heterocycles. The van der Waals surface area contributed by atoms with E-state index in [0.717, 1.165) is 36.1 Å². The highest BCUT2D eigenvalue weighted by atomic mass is 16.2. The maximum atomic E-state index is 12.7. The van der Waals surface area contributed by atoms with Crippen molar-refractivity contribution in [2.45, 2.75) is 70.9 Å². The Morgan fingerprint density at radius 1 is 1.08 bits per heavy atom. The summed E-state index contributed by atoms with van der Waals surface area (Å²) >= 11 is 0. The third kappa shape index (κ3) is 4.74. The largest absolute Gasteiger partial charge is 0.335 e. The van der Waals surface area contributed by atoms with E-state index < -0.39 is 0 Å². The number of anilines is 1. The van der Waals surface area contributed by atoms with Crippen molar-refractivity contribution in [3.05, 3.63) is 29.3 Å². The van der Waals surface area contributed by atoms with Gasteiger partial charge in [0.05, 0.1) is 0 Å². The molecule has 1 saturated carbocycles. The average Bonchev–Trinajstić information content (AvgIpc) is 2.56. The number of rotatable bonds is 2. The van der Waals surface area contributed by atoms with Gasteiger partial charge in [-0.3, -0.25) is 4.79 Å². The minimum Gasteiger partial charge on any atom is -0.335 e. The molecular formula is C20H29N3O2. The second-order valence-electron chi connectivity index (χ2n) is 7.29. The van der Waals surface area contributed by atoms with Crippen molar-refractivity contribution < 1.29 is 9.59 Å². The smallest absolute Gasteiger partial charge is 0.317 e. The fraction of sp³-hybridized carbons (Fsp3) is 0.600. The van der Waals surface area contributed by atoms with Gasteiger partial charge in [0.1, 0.15) is 0 Å². The first-order chi connectivity index (χ1) is 12.1. The molecule has 2 aliphatic rings. The fourth-order valence-electron chi connectivity index (χ4n) is 3.96. The summed E-state index contributed by atoms with van der Waals surface area (Å²) < 4.78 is 0. The van der Waals surface area contributed by atoms with Gasteiger partial charge >= 0.3 is 6.03 Å². The second kappa shape index (κ2) is 8.37. The number of hydrogen-bond donors (Lipinski definition) is 2. The molecule has 1 fully saturated rings. The molecule has 3 rings (SSSR count). The molecular weight excluding hydrogens is 314 g/mol. The van der Waals surface area contributed by atoms with Gasteiger partial charge in [0, 0.05) is 31.7 Å². The van der Waals surface area contributed by atoms with Crippen LogP contribution < -0.4 is 10.6 Å². The molecule has 0 atom stereocenters. The van der Waals surface area contributed by atoms with Crippen molar-refractivity contribution in [3.63, 3.8) is 0 Å². The molecule has 5 heteroatoms. The SMILES string of the molecule is CC(=O)Nc1cccc2c1CCN(C(=O)NC1CCCCCCC1)C2. The number of hydrogen-bond acceptors (Lipinski definition) is 2. The first-order valence-corrected chi connectivity index (χ1v) is 9.57. The highest BCUT2D eigenvalue weighted by Gasteiger charge is 2.24. The Bertz CT molecular complexity index is 621. The van der Waals surface area contributed by atoms with Crippen molar-refractivity contribution in [1.82, 2.24) is 10.2 Å². The molecule has 5 nitrogen and oxygen atoms in total. The maximum Gasteiger partial charge on any atom is 0.317 e. The third-order valence-electron chi connectivity index (χ3n) is 5.30. The maximum absolute atomic E-state index is 12.7. The van der Waals surface area contributed by atoms with Crippen molar-refractivity contribution >= 4 is 17.6 Å². The molecule has 0 spiro atoms. The van der Waals surface area contributed by atoms with Crippen LogP contribution in [0.2, 0.25) is 0 Å². The Kier molecular flexibility index (Phi) is 5.95. The minimum atomic E-state index is -0.0575. The van der Waals surface area contributed by atoms with Crippen molar-refractivity contribution in [1.29, 1.82) is 0 Å². The molecule has 25 heavy (non-hydrogen) atoms. The van der Waals surface area contributed by atoms with Crippen LogP contribution in [0.5, 0.6) is 0 Å². The topological polar surface area (TPSA) is 61.4 Å². The predicted molar refractivity (Wildman–Crippen MR) is 99.5 cm³/mol. The van der Waals surface area contributed by atoms with Crippen LogP contribution in [0.1, 0.15) is 63.0 Å². The fourth-order valence-corrected chi connectivity index (χ4v) is 3.96. The molecule has 3 amide bonds. The van der Waals surface area contributed by atoms with E-state index >= 15 is 0 Å². The molecule has 0 bridgehead atoms. The first-order valence-electron chi connectivity index (χ1n) is 9.57. The minimum absolute atomic E-state index is 0.0566. The summed E-state index contributed by atoms with van der Waals surface area (Å²) in [6, 6.07) is 6.31. The summed E-state index contributed by atoms with van der Waals surface area (Å²) in [6.45, 7) is 2.83. The van der Waals surface area contributed by atoms with E-state index in [4.69, 9.17) is 0 Å². The van der Waals surface area contributed by atoms with Crippen molar-refractivity contribution in [3.8, 4) is 0 Å². The third-order valence-corrected chi connectivity index (χ3v) is 5.30. The number of nitrogens with one attached hydrogen (secondary N) is 2. The predicted octanol–water partition coefficient (Wildman–Crippen LogP) is 3.83. The summed E-state index contributed by atoms with van der Waals surface area (Å²) in [5.41, 5.74) is 3.17. The van der Waals surface area contributed by atoms with Crippen molar-refractivity contribution in [2.24, 2.45) is 0 Å². The second-order valence-corrected chi connectivity index (χ2v) is 7.29. The van der Waals surface area contributed by atoms with Gasteiger partial charge in [-0.25, -0.2) is 4.79 Å². The van der Waals surface area contributed by atoms with E-state index in [2.05, 4.69) is 16.7 Å². The molecule has 0 aromatic heterocycles. The molecule has 2 N–H and O–H groups in total. The van der Waals surface area contributed by atoms with Gasteiger partial charge in [-0.1, -0.05) is 44.2 Å². The molecule has 0 unspecified atom stereocenters. The van der Waals surface area contributed by atoms with E-state index in [-0.39, 0.29) is 11.9 Å². The number of carbonyl (C=O) groups excluding carboxylic acids is 2. The monoisotopic (exact) mass is 343 g/mol. The lowest BCUT2D eigenvalue weighted by Crippen LogP contribution is -2.46. The zero-order valence-corrected chi connectivity index (χ0v) is 15.1. The molecule has 1 aromatic carbocycles. The van der Waals surface area contributed by atoms with Gasteiger partial charge < -0.3 is 15.5 Å². The molecule has 1 aliphatic carbocycles. The van der Waals surface area contributed by atoms with E-state index in [1.54, 1.807) is 0 Å². The normalized spacial score (nSPS) is 18.7. The standard InChI is InChI=1S/C20H29N3O2/c1-15(24)21-19-11-7-8-16-14-23(13-12-18(16)19)20(25)22-17-9-5-3-2-4-6-10-17/h7-8,11,17H,2-6,9-10,12-14H2,1H3,(H,21,24)(H,22,25). The molecule has 1 aromatic rings. The van der Waals surface area contributed by atoms with Gasteiger partial charge in [0.2, 0.25) is 5.91 Å². The Morgan fingerprint density at radius 3 is 2.52 bits per heavy atom. The summed E-state index contributed by atoms with van der Waals surface area (Å²) in [4.78, 5) is 25.9. The Morgan fingerprint density at radius 2 is 1.80 bits per heavy atom. The quantitative estimate of drug-likeness (QED) is 0.857. The van der Waals surface area contributed by atoms with E-state index in [9.17, 15) is 9.59 Å². The Hall–Kier alpha value is -2.04. The molecule has 0 radical (unpaired) electrons. The molecule has 0 saturated heterocycles. The van der Waals surface area contributed by atoms with Crippen LogP contribution in [0.4, 0.5) is 10.5 Å². The van der Waals surface area contributed by atoms with Crippen LogP contribution >= 0.6 is 0 Å². The van der Waals surface area contributed by atoms with Crippen molar-refractivity contribution in [2.75, 3.05) is 11.9 Å². The van der Waals surface area contributed by atoms with E-state index in [1.165, 1.54) is 39.0 Å². The number of carbonyl (C=O) groups is 2. The first kappa shape index (κ1) is 17.8. The van der Waals surface area contributed by atoms with Gasteiger partial charge in [-0.2, -0.15) is 0 Å². The number of nitrogens with zero attached hydrogens (tertiary/aromatic N) is 1. The summed E-state index contributed by atoms with van der Waals surface area (Å²) in [6.07, 6.45) is 9.32. The van der Waals surface area contributed by atoms with Crippen LogP contribution in [0.3, 0.4) is 0 Å². The number of fused-ring (bicyclic) bond motifs is 1. The van der Waals surface area contributed by atoms with Gasteiger partial charge in [0.25, 0.3) is 0 Å². The molecule has 1 heterocycles. The van der Waals surface area contributed by atoms with Crippen LogP contribution in [0.25, 0.3) is 0 Å². The van der Waals surface area contributed by atoms with Gasteiger partial charge in [0.15, 0.2) is 0 Å². The highest BCUT2D eigenvalue weighted by molar-refractivity contribution is 5.90. The lowest BCUT2D eigenvalue weighted by molar-refractivity contribution is -0.114. The van der Waals surface area contributed by atoms with Crippen LogP contribution in [0.15, 0.2) is 18.2 Å². The van der Waals surface area contributed by atoms with Crippen LogP contribution in [0, 0.1) is 0 Å². The summed E-state index contributed by atoms with van der Waals surface area (Å²) in [5.74, 6) is -0.0575. The van der Waals surface area contributed by atoms with Gasteiger partial charge in [-0.05, 0) is 36.5 Å². The Balaban J connectivity index is 1.61. The zero-order chi connectivity index (χ0) is 17.6. The lowest BCUT2D eigenvalue weighted by Gasteiger charge is -2.32. The molecule has 136 valence electrons. The number of benzene rings is 1. The number of amides is 3. The lowest BCUT2D eigenvalue weighted by atomic mass is 9.96. The van der Waals surface area contributed by atoms with Crippen LogP contribution in [-0.4, -0.2) is 29.4 Å². The van der Waals surface area contributed by atoms with E-state index in [1.807, 2.05) is 17.0 Å². The number of urea groups is 1. The highest BCUT2D eigenvalue weighted by Crippen LogP contribution is 2.26.